The van der Waals surface area contributed by atoms with Crippen LogP contribution in [-0.2, 0) is 9.53 Å². The van der Waals surface area contributed by atoms with Gasteiger partial charge in [-0.15, -0.1) is 0 Å². The van der Waals surface area contributed by atoms with Crippen molar-refractivity contribution >= 4 is 40.9 Å². The lowest BCUT2D eigenvalue weighted by molar-refractivity contribution is -0.145. The summed E-state index contributed by atoms with van der Waals surface area (Å²) in [5, 5.41) is 2.99. The van der Waals surface area contributed by atoms with Gasteiger partial charge in [-0.25, -0.2) is 0 Å². The van der Waals surface area contributed by atoms with Crippen molar-refractivity contribution in [3.8, 4) is 0 Å². The fraction of sp³-hybridized carbons (Fsp3) is 0.286. The Kier molecular flexibility index (Phi) is 7.22. The second-order valence-corrected chi connectivity index (χ2v) is 7.40. The van der Waals surface area contributed by atoms with Crippen LogP contribution < -0.4 is 5.32 Å². The van der Waals surface area contributed by atoms with Crippen LogP contribution in [0.25, 0.3) is 0 Å². The van der Waals surface area contributed by atoms with Crippen molar-refractivity contribution in [1.29, 1.82) is 0 Å². The number of ether oxygens (including phenoxy) is 1. The number of amides is 1. The number of carbonyl (C=O) groups excluding carboxylic acids is 3. The first kappa shape index (κ1) is 21.9. The number of carbonyl (C=O) groups is 3. The normalized spacial score (nSPS) is 11.6. The summed E-state index contributed by atoms with van der Waals surface area (Å²) in [6.07, 6.45) is -0.968. The summed E-state index contributed by atoms with van der Waals surface area (Å²) in [5.74, 6) is -1.55. The molecule has 2 aromatic rings. The predicted octanol–water partition coefficient (Wildman–Crippen LogP) is 4.46. The van der Waals surface area contributed by atoms with E-state index in [0.717, 1.165) is 16.7 Å². The Bertz CT molecular complexity index is 940. The Labute approximate surface area is 174 Å². The second-order valence-electron chi connectivity index (χ2n) is 6.55. The Balaban J connectivity index is 1.96. The molecule has 2 aromatic carbocycles. The van der Waals surface area contributed by atoms with Gasteiger partial charge in [0.05, 0.1) is 10.6 Å². The largest absolute Gasteiger partial charge is 0.453 e. The number of Topliss-reactive ketones (excluding diaryl/α,β-unsaturated/α-hetero) is 1. The molecule has 1 N–H and O–H groups in total. The lowest BCUT2D eigenvalue weighted by atomic mass is 9.96. The molecule has 0 fully saturated rings. The van der Waals surface area contributed by atoms with E-state index < -0.39 is 18.0 Å². The minimum absolute atomic E-state index is 0.173. The number of hydrogen-bond acceptors (Lipinski definition) is 4. The van der Waals surface area contributed by atoms with Crippen molar-refractivity contribution in [3.63, 3.8) is 0 Å². The van der Waals surface area contributed by atoms with E-state index in [1.807, 2.05) is 26.8 Å². The van der Waals surface area contributed by atoms with Crippen LogP contribution in [0, 0.1) is 20.8 Å². The molecule has 148 valence electrons. The van der Waals surface area contributed by atoms with Gasteiger partial charge in [0.15, 0.2) is 6.10 Å². The Morgan fingerprint density at radius 2 is 1.61 bits per heavy atom. The van der Waals surface area contributed by atoms with E-state index >= 15 is 0 Å². The SMILES string of the molecule is Cc1cc(C)c(C(=O)C(C)OC(=O)CNC(=O)c2ccc(Cl)cc2Cl)cc1C. The Morgan fingerprint density at radius 3 is 2.25 bits per heavy atom. The minimum atomic E-state index is -0.968. The summed E-state index contributed by atoms with van der Waals surface area (Å²) in [6.45, 7) is 6.84. The lowest BCUT2D eigenvalue weighted by Crippen LogP contribution is -2.34. The average molecular weight is 422 g/mol. The highest BCUT2D eigenvalue weighted by atomic mass is 35.5. The highest BCUT2D eigenvalue weighted by Crippen LogP contribution is 2.21. The summed E-state index contributed by atoms with van der Waals surface area (Å²) in [6, 6.07) is 8.13. The molecule has 2 rings (SSSR count). The highest BCUT2D eigenvalue weighted by Gasteiger charge is 2.22. The number of esters is 1. The fourth-order valence-electron chi connectivity index (χ4n) is 2.66. The van der Waals surface area contributed by atoms with Crippen molar-refractivity contribution in [3.05, 3.63) is 68.2 Å². The van der Waals surface area contributed by atoms with Gasteiger partial charge in [-0.2, -0.15) is 0 Å². The first-order valence-electron chi connectivity index (χ1n) is 8.65. The third kappa shape index (κ3) is 5.33. The Hall–Kier alpha value is -2.37. The van der Waals surface area contributed by atoms with Crippen LogP contribution in [0.1, 0.15) is 44.3 Å². The molecule has 0 aromatic heterocycles. The summed E-state index contributed by atoms with van der Waals surface area (Å²) in [4.78, 5) is 36.8. The van der Waals surface area contributed by atoms with Crippen LogP contribution in [0.5, 0.6) is 0 Å². The molecule has 7 heteroatoms. The summed E-state index contributed by atoms with van der Waals surface area (Å²) < 4.78 is 5.17. The van der Waals surface area contributed by atoms with E-state index in [9.17, 15) is 14.4 Å². The zero-order chi connectivity index (χ0) is 21.0. The monoisotopic (exact) mass is 421 g/mol. The van der Waals surface area contributed by atoms with E-state index in [0.29, 0.717) is 10.6 Å². The first-order valence-corrected chi connectivity index (χ1v) is 9.40. The molecule has 0 aliphatic heterocycles. The molecule has 0 aliphatic carbocycles. The van der Waals surface area contributed by atoms with Gasteiger partial charge in [0.2, 0.25) is 5.78 Å². The number of benzene rings is 2. The van der Waals surface area contributed by atoms with Crippen molar-refractivity contribution in [2.45, 2.75) is 33.8 Å². The van der Waals surface area contributed by atoms with Crippen LogP contribution in [-0.4, -0.2) is 30.3 Å². The van der Waals surface area contributed by atoms with Gasteiger partial charge in [0.25, 0.3) is 5.91 Å². The Morgan fingerprint density at radius 1 is 0.964 bits per heavy atom. The first-order chi connectivity index (χ1) is 13.1. The maximum absolute atomic E-state index is 12.6. The third-order valence-corrected chi connectivity index (χ3v) is 4.90. The van der Waals surface area contributed by atoms with Gasteiger partial charge in [-0.05, 0) is 68.7 Å². The van der Waals surface area contributed by atoms with E-state index in [4.69, 9.17) is 27.9 Å². The lowest BCUT2D eigenvalue weighted by Gasteiger charge is -2.15. The third-order valence-electron chi connectivity index (χ3n) is 4.35. The quantitative estimate of drug-likeness (QED) is 0.551. The molecule has 1 atom stereocenters. The van der Waals surface area contributed by atoms with Gasteiger partial charge in [-0.3, -0.25) is 14.4 Å². The molecule has 1 unspecified atom stereocenters. The molecule has 0 saturated carbocycles. The highest BCUT2D eigenvalue weighted by molar-refractivity contribution is 6.36. The van der Waals surface area contributed by atoms with Crippen molar-refractivity contribution < 1.29 is 19.1 Å². The predicted molar refractivity (Wildman–Crippen MR) is 109 cm³/mol. The van der Waals surface area contributed by atoms with Crippen molar-refractivity contribution in [2.24, 2.45) is 0 Å². The molecule has 28 heavy (non-hydrogen) atoms. The zero-order valence-electron chi connectivity index (χ0n) is 16.1. The van der Waals surface area contributed by atoms with Gasteiger partial charge in [0, 0.05) is 10.6 Å². The van der Waals surface area contributed by atoms with E-state index in [1.54, 1.807) is 6.07 Å². The molecule has 1 amide bonds. The maximum atomic E-state index is 12.6. The molecule has 0 radical (unpaired) electrons. The maximum Gasteiger partial charge on any atom is 0.326 e. The smallest absolute Gasteiger partial charge is 0.326 e. The van der Waals surface area contributed by atoms with Crippen LogP contribution in [0.4, 0.5) is 0 Å². The summed E-state index contributed by atoms with van der Waals surface area (Å²) in [7, 11) is 0. The fourth-order valence-corrected chi connectivity index (χ4v) is 3.15. The molecular formula is C21H21Cl2NO4. The number of aryl methyl sites for hydroxylation is 3. The minimum Gasteiger partial charge on any atom is -0.453 e. The van der Waals surface area contributed by atoms with Gasteiger partial charge in [0.1, 0.15) is 6.54 Å². The van der Waals surface area contributed by atoms with Gasteiger partial charge < -0.3 is 10.1 Å². The van der Waals surface area contributed by atoms with Crippen LogP contribution in [0.3, 0.4) is 0 Å². The average Bonchev–Trinajstić information content (AvgIpc) is 2.62. The summed E-state index contributed by atoms with van der Waals surface area (Å²) >= 11 is 11.8. The number of ketones is 1. The molecular weight excluding hydrogens is 401 g/mol. The molecule has 5 nitrogen and oxygen atoms in total. The van der Waals surface area contributed by atoms with E-state index in [2.05, 4.69) is 5.32 Å². The van der Waals surface area contributed by atoms with Crippen molar-refractivity contribution in [1.82, 2.24) is 5.32 Å². The molecule has 0 spiro atoms. The molecule has 0 heterocycles. The van der Waals surface area contributed by atoms with E-state index in [1.165, 1.54) is 25.1 Å². The number of halogens is 2. The van der Waals surface area contributed by atoms with Crippen LogP contribution in [0.2, 0.25) is 10.0 Å². The standard InChI is InChI=1S/C21H21Cl2NO4/c1-11-7-13(3)17(8-12(11)2)20(26)14(4)28-19(25)10-24-21(27)16-6-5-15(22)9-18(16)23/h5-9,14H,10H2,1-4H3,(H,24,27). The van der Waals surface area contributed by atoms with Gasteiger partial charge in [-0.1, -0.05) is 29.3 Å². The number of hydrogen-bond donors (Lipinski definition) is 1. The number of nitrogens with one attached hydrogen (secondary N) is 1. The summed E-state index contributed by atoms with van der Waals surface area (Å²) in [5.41, 5.74) is 3.60. The zero-order valence-corrected chi connectivity index (χ0v) is 17.6. The molecule has 0 bridgehead atoms. The second kappa shape index (κ2) is 9.22. The molecule has 0 saturated heterocycles. The topological polar surface area (TPSA) is 72.5 Å². The molecule has 0 aliphatic rings. The van der Waals surface area contributed by atoms with Gasteiger partial charge >= 0.3 is 5.97 Å². The van der Waals surface area contributed by atoms with Crippen LogP contribution in [0.15, 0.2) is 30.3 Å². The van der Waals surface area contributed by atoms with Crippen LogP contribution >= 0.6 is 23.2 Å². The van der Waals surface area contributed by atoms with E-state index in [-0.39, 0.29) is 22.9 Å². The van der Waals surface area contributed by atoms with Crippen molar-refractivity contribution in [2.75, 3.05) is 6.54 Å². The number of rotatable bonds is 6.